The molecule has 2 heterocycles. The van der Waals surface area contributed by atoms with Gasteiger partial charge in [-0.25, -0.2) is 4.79 Å². The van der Waals surface area contributed by atoms with E-state index < -0.39 is 5.60 Å². The Morgan fingerprint density at radius 3 is 2.84 bits per heavy atom. The van der Waals surface area contributed by atoms with E-state index in [2.05, 4.69) is 0 Å². The lowest BCUT2D eigenvalue weighted by molar-refractivity contribution is -0.145. The summed E-state index contributed by atoms with van der Waals surface area (Å²) in [4.78, 5) is 27.1. The fourth-order valence-corrected chi connectivity index (χ4v) is 5.81. The van der Waals surface area contributed by atoms with Crippen LogP contribution in [0.4, 0.5) is 0 Å². The van der Waals surface area contributed by atoms with Crippen LogP contribution in [0.1, 0.15) is 61.6 Å². The molecule has 1 saturated carbocycles. The number of nitrogens with zero attached hydrogens (tertiary/aromatic N) is 1. The minimum atomic E-state index is -0.596. The van der Waals surface area contributed by atoms with Crippen molar-refractivity contribution in [3.8, 4) is 5.75 Å². The van der Waals surface area contributed by atoms with Crippen molar-refractivity contribution in [1.29, 1.82) is 0 Å². The molecule has 2 aromatic rings. The van der Waals surface area contributed by atoms with E-state index in [1.165, 1.54) is 0 Å². The monoisotopic (exact) mass is 425 g/mol. The van der Waals surface area contributed by atoms with Crippen molar-refractivity contribution in [3.05, 3.63) is 39.2 Å². The van der Waals surface area contributed by atoms with Crippen molar-refractivity contribution < 1.29 is 19.1 Å². The van der Waals surface area contributed by atoms with Gasteiger partial charge in [0.05, 0.1) is 5.60 Å². The number of amides is 1. The van der Waals surface area contributed by atoms with E-state index in [4.69, 9.17) is 9.15 Å². The van der Waals surface area contributed by atoms with Gasteiger partial charge in [-0.3, -0.25) is 4.79 Å². The Morgan fingerprint density at radius 1 is 1.19 bits per heavy atom. The lowest BCUT2D eigenvalue weighted by Gasteiger charge is -2.47. The molecule has 1 saturated heterocycles. The van der Waals surface area contributed by atoms with Crippen LogP contribution in [0.3, 0.4) is 0 Å². The molecule has 1 aromatic carbocycles. The van der Waals surface area contributed by atoms with Gasteiger partial charge in [-0.15, -0.1) is 0 Å². The van der Waals surface area contributed by atoms with Crippen LogP contribution < -0.4 is 10.4 Å². The number of benzene rings is 1. The summed E-state index contributed by atoms with van der Waals surface area (Å²) in [5.41, 5.74) is 2.41. The molecule has 1 amide bonds. The molecule has 6 heteroatoms. The molecule has 2 fully saturated rings. The van der Waals surface area contributed by atoms with Crippen LogP contribution in [0.15, 0.2) is 21.3 Å². The summed E-state index contributed by atoms with van der Waals surface area (Å²) in [6, 6.07) is 3.84. The van der Waals surface area contributed by atoms with E-state index in [0.29, 0.717) is 30.8 Å². The van der Waals surface area contributed by atoms with Crippen molar-refractivity contribution in [2.24, 2.45) is 5.92 Å². The summed E-state index contributed by atoms with van der Waals surface area (Å²) in [6.07, 6.45) is 8.47. The van der Waals surface area contributed by atoms with E-state index in [0.717, 1.165) is 73.4 Å². The van der Waals surface area contributed by atoms with Crippen molar-refractivity contribution >= 4 is 16.9 Å². The lowest BCUT2D eigenvalue weighted by atomic mass is 9.71. The normalized spacial score (nSPS) is 25.7. The van der Waals surface area contributed by atoms with Crippen LogP contribution in [0.25, 0.3) is 11.0 Å². The minimum Gasteiger partial charge on any atom is -0.483 e. The predicted octanol–water partition coefficient (Wildman–Crippen LogP) is 3.51. The van der Waals surface area contributed by atoms with Crippen molar-refractivity contribution in [3.63, 3.8) is 0 Å². The van der Waals surface area contributed by atoms with Crippen molar-refractivity contribution in [2.45, 2.75) is 70.3 Å². The number of aliphatic hydroxyl groups is 1. The van der Waals surface area contributed by atoms with Crippen LogP contribution in [0, 0.1) is 12.8 Å². The number of hydrogen-bond acceptors (Lipinski definition) is 5. The second-order valence-corrected chi connectivity index (χ2v) is 9.54. The number of hydrogen-bond donors (Lipinski definition) is 1. The predicted molar refractivity (Wildman–Crippen MR) is 117 cm³/mol. The first kappa shape index (κ1) is 20.6. The Kier molecular flexibility index (Phi) is 5.29. The maximum atomic E-state index is 12.8. The third-order valence-electron chi connectivity index (χ3n) is 7.72. The summed E-state index contributed by atoms with van der Waals surface area (Å²) < 4.78 is 11.6. The van der Waals surface area contributed by atoms with E-state index in [1.807, 2.05) is 24.0 Å². The second-order valence-electron chi connectivity index (χ2n) is 9.54. The van der Waals surface area contributed by atoms with Gasteiger partial charge in [-0.05, 0) is 69.6 Å². The van der Waals surface area contributed by atoms with Crippen LogP contribution >= 0.6 is 0 Å². The summed E-state index contributed by atoms with van der Waals surface area (Å²) in [5.74, 6) is 0.687. The number of fused-ring (bicyclic) bond motifs is 4. The van der Waals surface area contributed by atoms with Crippen LogP contribution in [0.2, 0.25) is 0 Å². The summed E-state index contributed by atoms with van der Waals surface area (Å²) in [6.45, 7) is 3.01. The number of piperidine rings is 1. The smallest absolute Gasteiger partial charge is 0.339 e. The van der Waals surface area contributed by atoms with Gasteiger partial charge in [0.25, 0.3) is 5.91 Å². The molecule has 0 radical (unpaired) electrons. The van der Waals surface area contributed by atoms with E-state index in [9.17, 15) is 14.7 Å². The number of likely N-dealkylation sites (tertiary alicyclic amines) is 1. The van der Waals surface area contributed by atoms with Gasteiger partial charge >= 0.3 is 5.63 Å². The average Bonchev–Trinajstić information content (AvgIpc) is 2.78. The Labute approximate surface area is 182 Å². The quantitative estimate of drug-likeness (QED) is 0.762. The Morgan fingerprint density at radius 2 is 2.00 bits per heavy atom. The van der Waals surface area contributed by atoms with Crippen LogP contribution in [0.5, 0.6) is 5.75 Å². The highest BCUT2D eigenvalue weighted by atomic mass is 16.5. The first-order chi connectivity index (χ1) is 15.0. The van der Waals surface area contributed by atoms with E-state index in [-0.39, 0.29) is 24.1 Å². The SMILES string of the molecule is Cc1c(OCC(=O)N2CC[C@]3(O)CCCC[C@H]3C2)ccc2c3c(c(=O)oc12)CCCC3. The van der Waals surface area contributed by atoms with E-state index >= 15 is 0 Å². The number of carbonyl (C=O) groups is 1. The number of ether oxygens (including phenoxy) is 1. The molecule has 0 spiro atoms. The first-order valence-electron chi connectivity index (χ1n) is 11.7. The zero-order valence-corrected chi connectivity index (χ0v) is 18.2. The van der Waals surface area contributed by atoms with Gasteiger partial charge < -0.3 is 19.2 Å². The topological polar surface area (TPSA) is 80.0 Å². The number of carbonyl (C=O) groups excluding carboxylic acids is 1. The third-order valence-corrected chi connectivity index (χ3v) is 7.72. The highest BCUT2D eigenvalue weighted by Gasteiger charge is 2.43. The molecular formula is C25H31NO5. The highest BCUT2D eigenvalue weighted by Crippen LogP contribution is 2.40. The molecule has 166 valence electrons. The maximum absolute atomic E-state index is 12.8. The molecule has 5 rings (SSSR count). The first-order valence-corrected chi connectivity index (χ1v) is 11.7. The summed E-state index contributed by atoms with van der Waals surface area (Å²) >= 11 is 0. The second kappa shape index (κ2) is 7.97. The Balaban J connectivity index is 1.31. The molecule has 1 aromatic heterocycles. The molecule has 31 heavy (non-hydrogen) atoms. The molecule has 1 N–H and O–H groups in total. The maximum Gasteiger partial charge on any atom is 0.339 e. The molecular weight excluding hydrogens is 394 g/mol. The van der Waals surface area contributed by atoms with Gasteiger partial charge in [0.2, 0.25) is 0 Å². The van der Waals surface area contributed by atoms with Gasteiger partial charge in [0, 0.05) is 35.5 Å². The molecule has 6 nitrogen and oxygen atoms in total. The van der Waals surface area contributed by atoms with Gasteiger partial charge in [0.1, 0.15) is 11.3 Å². The zero-order chi connectivity index (χ0) is 21.6. The van der Waals surface area contributed by atoms with Crippen molar-refractivity contribution in [1.82, 2.24) is 4.90 Å². The molecule has 2 atom stereocenters. The van der Waals surface area contributed by atoms with Crippen LogP contribution in [-0.2, 0) is 17.6 Å². The Hall–Kier alpha value is -2.34. The largest absolute Gasteiger partial charge is 0.483 e. The Bertz CT molecular complexity index is 1070. The van der Waals surface area contributed by atoms with E-state index in [1.54, 1.807) is 0 Å². The summed E-state index contributed by atoms with van der Waals surface area (Å²) in [5, 5.41) is 11.8. The molecule has 3 aliphatic rings. The fourth-order valence-electron chi connectivity index (χ4n) is 5.81. The van der Waals surface area contributed by atoms with Crippen LogP contribution in [-0.4, -0.2) is 41.2 Å². The lowest BCUT2D eigenvalue weighted by Crippen LogP contribution is -2.55. The molecule has 2 aliphatic carbocycles. The van der Waals surface area contributed by atoms with Gasteiger partial charge in [-0.2, -0.15) is 0 Å². The standard InChI is InChI=1S/C25H31NO5/c1-16-21(10-9-19-18-7-2-3-8-20(18)24(28)31-23(16)19)30-15-22(27)26-13-12-25(29)11-5-4-6-17(25)14-26/h9-10,17,29H,2-8,11-15H2,1H3/t17-,25+/m0/s1. The summed E-state index contributed by atoms with van der Waals surface area (Å²) in [7, 11) is 0. The highest BCUT2D eigenvalue weighted by molar-refractivity contribution is 5.86. The molecule has 1 aliphatic heterocycles. The number of rotatable bonds is 3. The van der Waals surface area contributed by atoms with Crippen molar-refractivity contribution in [2.75, 3.05) is 19.7 Å². The fraction of sp³-hybridized carbons (Fsp3) is 0.600. The van der Waals surface area contributed by atoms with Gasteiger partial charge in [-0.1, -0.05) is 12.8 Å². The average molecular weight is 426 g/mol. The molecule has 0 unspecified atom stereocenters. The minimum absolute atomic E-state index is 0.0489. The molecule has 0 bridgehead atoms. The number of aryl methyl sites for hydroxylation is 2. The third kappa shape index (κ3) is 3.65. The van der Waals surface area contributed by atoms with Gasteiger partial charge in [0.15, 0.2) is 6.61 Å². The zero-order valence-electron chi connectivity index (χ0n) is 18.2.